The summed E-state index contributed by atoms with van der Waals surface area (Å²) in [7, 11) is 0. The number of hydrogen-bond donors (Lipinski definition) is 0. The zero-order chi connectivity index (χ0) is 31.4. The van der Waals surface area contributed by atoms with Crippen molar-refractivity contribution in [1.82, 2.24) is 34.7 Å². The van der Waals surface area contributed by atoms with E-state index in [0.29, 0.717) is 58.1 Å². The molecule has 0 unspecified atom stereocenters. The number of thiazole rings is 1. The first-order valence-electron chi connectivity index (χ1n) is 15.2. The predicted octanol–water partition coefficient (Wildman–Crippen LogP) is 4.48. The second-order valence-corrected chi connectivity index (χ2v) is 13.8. The van der Waals surface area contributed by atoms with Crippen molar-refractivity contribution in [3.63, 3.8) is 0 Å². The molecule has 2 fully saturated rings. The Balaban J connectivity index is 1.53. The van der Waals surface area contributed by atoms with E-state index in [4.69, 9.17) is 4.74 Å². The quantitative estimate of drug-likeness (QED) is 0.365. The highest BCUT2D eigenvalue weighted by atomic mass is 32.1. The molecule has 0 spiro atoms. The number of piperidine rings is 1. The lowest BCUT2D eigenvalue weighted by Crippen LogP contribution is -2.60. The van der Waals surface area contributed by atoms with Gasteiger partial charge in [-0.3, -0.25) is 14.5 Å². The summed E-state index contributed by atoms with van der Waals surface area (Å²) >= 11 is 1.45. The van der Waals surface area contributed by atoms with Crippen LogP contribution < -0.4 is 0 Å². The summed E-state index contributed by atoms with van der Waals surface area (Å²) < 4.78 is 21.8. The maximum absolute atomic E-state index is 15.0. The molecule has 44 heavy (non-hydrogen) atoms. The van der Waals surface area contributed by atoms with Gasteiger partial charge in [-0.1, -0.05) is 31.2 Å². The molecule has 2 saturated heterocycles. The maximum atomic E-state index is 15.0. The van der Waals surface area contributed by atoms with E-state index < -0.39 is 5.82 Å². The molecule has 0 aliphatic carbocycles. The minimum Gasteiger partial charge on any atom is -0.378 e. The van der Waals surface area contributed by atoms with Crippen molar-refractivity contribution < 1.29 is 18.7 Å². The minimum atomic E-state index is -0.475. The Bertz CT molecular complexity index is 1460. The molecule has 0 saturated carbocycles. The standard InChI is InChI=1S/C32H42FN7O3S/c1-22(2)19-39(24-18-23(20-38(21-24)32(3,4)5)30(41)37-13-15-43-16-14-37)31(42)29-27(10-11-28-34-12-17-44-28)40(36-35-29)26-9-7-6-8-25(26)33/h6-12,17,22-24H,13-16,18-21H2,1-5H3/t23-,24+/m1/s1. The molecular weight excluding hydrogens is 581 g/mol. The molecule has 236 valence electrons. The van der Waals surface area contributed by atoms with Crippen LogP contribution in [-0.4, -0.2) is 104 Å². The molecule has 12 heteroatoms. The first-order chi connectivity index (χ1) is 21.0. The molecule has 5 rings (SSSR count). The largest absolute Gasteiger partial charge is 0.378 e. The summed E-state index contributed by atoms with van der Waals surface area (Å²) in [4.78, 5) is 38.7. The Morgan fingerprint density at radius 1 is 1.16 bits per heavy atom. The van der Waals surface area contributed by atoms with Crippen molar-refractivity contribution in [3.8, 4) is 5.69 Å². The molecule has 2 atom stereocenters. The van der Waals surface area contributed by atoms with Crippen molar-refractivity contribution in [2.75, 3.05) is 45.9 Å². The fourth-order valence-corrected chi connectivity index (χ4v) is 6.38. The van der Waals surface area contributed by atoms with Gasteiger partial charge >= 0.3 is 0 Å². The number of para-hydroxylation sites is 1. The van der Waals surface area contributed by atoms with Crippen LogP contribution in [0.3, 0.4) is 0 Å². The molecule has 10 nitrogen and oxygen atoms in total. The number of likely N-dealkylation sites (tertiary alicyclic amines) is 1. The number of rotatable bonds is 8. The van der Waals surface area contributed by atoms with Gasteiger partial charge in [-0.05, 0) is 57.4 Å². The van der Waals surface area contributed by atoms with Crippen molar-refractivity contribution >= 4 is 35.3 Å². The van der Waals surface area contributed by atoms with Gasteiger partial charge in [0.1, 0.15) is 22.2 Å². The summed E-state index contributed by atoms with van der Waals surface area (Å²) in [5.74, 6) is -0.753. The lowest BCUT2D eigenvalue weighted by Gasteiger charge is -2.48. The first kappa shape index (κ1) is 31.9. The van der Waals surface area contributed by atoms with Crippen LogP contribution in [0.1, 0.15) is 62.2 Å². The smallest absolute Gasteiger partial charge is 0.277 e. The molecular formula is C32H42FN7O3S. The third kappa shape index (κ3) is 7.24. The molecule has 2 aromatic heterocycles. The van der Waals surface area contributed by atoms with Crippen molar-refractivity contribution in [3.05, 3.63) is 58.1 Å². The van der Waals surface area contributed by atoms with Gasteiger partial charge < -0.3 is 14.5 Å². The number of halogens is 1. The number of aromatic nitrogens is 4. The SMILES string of the molecule is CC(C)CN(C(=O)c1nnn(-c2ccccc2F)c1C=Cc1nccs1)[C@H]1C[C@@H](C(=O)N2CCOCC2)CN(C(C)(C)C)C1. The number of carbonyl (C=O) groups excluding carboxylic acids is 2. The van der Waals surface area contributed by atoms with Crippen LogP contribution in [0, 0.1) is 17.7 Å². The van der Waals surface area contributed by atoms with E-state index in [2.05, 4.69) is 54.8 Å². The highest BCUT2D eigenvalue weighted by molar-refractivity contribution is 7.10. The Hall–Kier alpha value is -3.48. The van der Waals surface area contributed by atoms with E-state index in [0.717, 1.165) is 5.01 Å². The Morgan fingerprint density at radius 2 is 1.91 bits per heavy atom. The molecule has 1 aromatic carbocycles. The summed E-state index contributed by atoms with van der Waals surface area (Å²) in [6.45, 7) is 14.5. The number of carbonyl (C=O) groups is 2. The summed E-state index contributed by atoms with van der Waals surface area (Å²) in [6.07, 6.45) is 5.75. The average molecular weight is 624 g/mol. The molecule has 2 aliphatic rings. The third-order valence-electron chi connectivity index (χ3n) is 8.14. The maximum Gasteiger partial charge on any atom is 0.277 e. The van der Waals surface area contributed by atoms with Gasteiger partial charge in [-0.2, -0.15) is 0 Å². The number of nitrogens with zero attached hydrogens (tertiary/aromatic N) is 7. The zero-order valence-corrected chi connectivity index (χ0v) is 27.0. The molecule has 3 aromatic rings. The lowest BCUT2D eigenvalue weighted by molar-refractivity contribution is -0.143. The fraction of sp³-hybridized carbons (Fsp3) is 0.531. The molecule has 0 bridgehead atoms. The number of benzene rings is 1. The van der Waals surface area contributed by atoms with Crippen molar-refractivity contribution in [1.29, 1.82) is 0 Å². The van der Waals surface area contributed by atoms with Crippen LogP contribution in [0.2, 0.25) is 0 Å². The van der Waals surface area contributed by atoms with E-state index in [1.165, 1.54) is 22.1 Å². The van der Waals surface area contributed by atoms with Gasteiger partial charge in [0.15, 0.2) is 5.69 Å². The van der Waals surface area contributed by atoms with Gasteiger partial charge in [0.25, 0.3) is 5.91 Å². The van der Waals surface area contributed by atoms with Gasteiger partial charge in [-0.25, -0.2) is 14.1 Å². The van der Waals surface area contributed by atoms with E-state index in [-0.39, 0.29) is 46.6 Å². The Kier molecular flexibility index (Phi) is 9.91. The average Bonchev–Trinajstić information content (AvgIpc) is 3.68. The molecule has 0 radical (unpaired) electrons. The molecule has 0 N–H and O–H groups in total. The first-order valence-corrected chi connectivity index (χ1v) is 16.1. The second kappa shape index (κ2) is 13.7. The van der Waals surface area contributed by atoms with Gasteiger partial charge in [0, 0.05) is 55.9 Å². The van der Waals surface area contributed by atoms with Crippen LogP contribution in [0.5, 0.6) is 0 Å². The number of hydrogen-bond acceptors (Lipinski definition) is 8. The van der Waals surface area contributed by atoms with Crippen LogP contribution in [-0.2, 0) is 9.53 Å². The fourth-order valence-electron chi connectivity index (χ4n) is 5.85. The highest BCUT2D eigenvalue weighted by Crippen LogP contribution is 2.30. The van der Waals surface area contributed by atoms with Crippen LogP contribution in [0.15, 0.2) is 35.8 Å². The van der Waals surface area contributed by atoms with Crippen molar-refractivity contribution in [2.45, 2.75) is 52.6 Å². The number of morpholine rings is 1. The van der Waals surface area contributed by atoms with Gasteiger partial charge in [0.05, 0.1) is 19.1 Å². The number of ether oxygens (including phenoxy) is 1. The topological polar surface area (TPSA) is 96.7 Å². The Morgan fingerprint density at radius 3 is 2.57 bits per heavy atom. The van der Waals surface area contributed by atoms with Gasteiger partial charge in [0.2, 0.25) is 5.91 Å². The zero-order valence-electron chi connectivity index (χ0n) is 26.1. The predicted molar refractivity (Wildman–Crippen MR) is 169 cm³/mol. The van der Waals surface area contributed by atoms with Gasteiger partial charge in [-0.15, -0.1) is 16.4 Å². The normalized spacial score (nSPS) is 20.0. The molecule has 2 amide bonds. The van der Waals surface area contributed by atoms with Crippen molar-refractivity contribution in [2.24, 2.45) is 11.8 Å². The monoisotopic (exact) mass is 623 g/mol. The van der Waals surface area contributed by atoms with Crippen LogP contribution >= 0.6 is 11.3 Å². The van der Waals surface area contributed by atoms with Crippen LogP contribution in [0.4, 0.5) is 4.39 Å². The van der Waals surface area contributed by atoms with E-state index in [1.54, 1.807) is 36.5 Å². The van der Waals surface area contributed by atoms with E-state index >= 15 is 0 Å². The van der Waals surface area contributed by atoms with E-state index in [1.807, 2.05) is 15.2 Å². The summed E-state index contributed by atoms with van der Waals surface area (Å²) in [5.41, 5.74) is 0.491. The summed E-state index contributed by atoms with van der Waals surface area (Å²) in [5, 5.41) is 11.2. The lowest BCUT2D eigenvalue weighted by atomic mass is 9.88. The highest BCUT2D eigenvalue weighted by Gasteiger charge is 2.42. The second-order valence-electron chi connectivity index (χ2n) is 12.8. The van der Waals surface area contributed by atoms with E-state index in [9.17, 15) is 14.0 Å². The summed E-state index contributed by atoms with van der Waals surface area (Å²) in [6, 6.07) is 6.05. The Labute approximate surface area is 262 Å². The molecule has 4 heterocycles. The van der Waals surface area contributed by atoms with Crippen LogP contribution in [0.25, 0.3) is 17.8 Å². The molecule has 2 aliphatic heterocycles. The minimum absolute atomic E-state index is 0.113. The number of amides is 2. The third-order valence-corrected chi connectivity index (χ3v) is 8.88.